The zero-order valence-electron chi connectivity index (χ0n) is 21.1. The van der Waals surface area contributed by atoms with Gasteiger partial charge in [0.1, 0.15) is 18.1 Å². The van der Waals surface area contributed by atoms with Crippen LogP contribution in [0.3, 0.4) is 0 Å². The fourth-order valence-electron chi connectivity index (χ4n) is 4.29. The van der Waals surface area contributed by atoms with Crippen molar-refractivity contribution < 1.29 is 24.2 Å². The van der Waals surface area contributed by atoms with Gasteiger partial charge in [-0.25, -0.2) is 0 Å². The number of hydrogen-bond donors (Lipinski definition) is 1. The second kappa shape index (κ2) is 10.8. The van der Waals surface area contributed by atoms with E-state index in [1.54, 1.807) is 13.2 Å². The van der Waals surface area contributed by atoms with E-state index in [0.29, 0.717) is 23.5 Å². The van der Waals surface area contributed by atoms with Crippen LogP contribution in [-0.4, -0.2) is 42.0 Å². The number of Topliss-reactive ketones (excluding diaryl/α,β-unsaturated/α-hetero) is 1. The van der Waals surface area contributed by atoms with Crippen molar-refractivity contribution >= 4 is 17.4 Å². The molecule has 1 aliphatic rings. The molecule has 186 valence electrons. The zero-order chi connectivity index (χ0) is 25.8. The number of carbonyl (C=O) groups excluding carboxylic acids is 2. The Morgan fingerprint density at radius 2 is 1.61 bits per heavy atom. The highest BCUT2D eigenvalue weighted by Gasteiger charge is 2.45. The molecule has 3 aromatic rings. The van der Waals surface area contributed by atoms with Gasteiger partial charge in [-0.1, -0.05) is 54.1 Å². The van der Waals surface area contributed by atoms with E-state index in [1.165, 1.54) is 10.5 Å². The number of carbonyl (C=O) groups is 2. The number of hydrogen-bond acceptors (Lipinski definition) is 5. The van der Waals surface area contributed by atoms with Crippen LogP contribution in [0.1, 0.15) is 39.4 Å². The third-order valence-electron chi connectivity index (χ3n) is 6.58. The zero-order valence-corrected chi connectivity index (χ0v) is 21.1. The summed E-state index contributed by atoms with van der Waals surface area (Å²) in [5.74, 6) is -0.864. The van der Waals surface area contributed by atoms with Crippen LogP contribution in [0.5, 0.6) is 5.75 Å². The lowest BCUT2D eigenvalue weighted by atomic mass is 9.94. The molecule has 1 saturated heterocycles. The van der Waals surface area contributed by atoms with Gasteiger partial charge in [0, 0.05) is 19.2 Å². The summed E-state index contributed by atoms with van der Waals surface area (Å²) in [5.41, 5.74) is 5.60. The van der Waals surface area contributed by atoms with Gasteiger partial charge in [0.05, 0.1) is 18.2 Å². The van der Waals surface area contributed by atoms with Gasteiger partial charge in [-0.3, -0.25) is 9.59 Å². The first kappa shape index (κ1) is 25.2. The molecule has 1 fully saturated rings. The van der Waals surface area contributed by atoms with E-state index >= 15 is 0 Å². The minimum Gasteiger partial charge on any atom is -0.507 e. The Bertz CT molecular complexity index is 1290. The third-order valence-corrected chi connectivity index (χ3v) is 6.58. The quantitative estimate of drug-likeness (QED) is 0.268. The largest absolute Gasteiger partial charge is 0.507 e. The molecular formula is C30H31NO5. The molecule has 0 saturated carbocycles. The van der Waals surface area contributed by atoms with Crippen molar-refractivity contribution in [2.75, 3.05) is 20.3 Å². The number of methoxy groups -OCH3 is 1. The van der Waals surface area contributed by atoms with Crippen LogP contribution in [0.2, 0.25) is 0 Å². The van der Waals surface area contributed by atoms with Crippen molar-refractivity contribution in [3.63, 3.8) is 0 Å². The van der Waals surface area contributed by atoms with E-state index in [-0.39, 0.29) is 24.5 Å². The molecule has 1 amide bonds. The lowest BCUT2D eigenvalue weighted by Crippen LogP contribution is -2.32. The van der Waals surface area contributed by atoms with Gasteiger partial charge in [-0.05, 0) is 61.2 Å². The van der Waals surface area contributed by atoms with E-state index in [4.69, 9.17) is 9.47 Å². The highest BCUT2D eigenvalue weighted by atomic mass is 16.5. The number of ether oxygens (including phenoxy) is 2. The normalized spacial score (nSPS) is 17.0. The summed E-state index contributed by atoms with van der Waals surface area (Å²) in [6.07, 6.45) is 0. The van der Waals surface area contributed by atoms with Crippen LogP contribution in [0.25, 0.3) is 5.76 Å². The second-order valence-corrected chi connectivity index (χ2v) is 9.13. The predicted octanol–water partition coefficient (Wildman–Crippen LogP) is 5.26. The molecular weight excluding hydrogens is 454 g/mol. The van der Waals surface area contributed by atoms with Gasteiger partial charge in [0.15, 0.2) is 0 Å². The average Bonchev–Trinajstić information content (AvgIpc) is 3.13. The monoisotopic (exact) mass is 485 g/mol. The van der Waals surface area contributed by atoms with Gasteiger partial charge < -0.3 is 19.5 Å². The lowest BCUT2D eigenvalue weighted by molar-refractivity contribution is -0.140. The van der Waals surface area contributed by atoms with Crippen molar-refractivity contribution in [2.24, 2.45) is 0 Å². The molecule has 0 aromatic heterocycles. The molecule has 1 atom stereocenters. The van der Waals surface area contributed by atoms with Crippen LogP contribution in [0.15, 0.2) is 72.3 Å². The van der Waals surface area contributed by atoms with Gasteiger partial charge in [-0.2, -0.15) is 0 Å². The van der Waals surface area contributed by atoms with Crippen molar-refractivity contribution in [1.82, 2.24) is 4.90 Å². The van der Waals surface area contributed by atoms with E-state index in [0.717, 1.165) is 16.7 Å². The summed E-state index contributed by atoms with van der Waals surface area (Å²) in [5, 5.41) is 11.2. The summed E-state index contributed by atoms with van der Waals surface area (Å²) in [6.45, 7) is 6.88. The molecule has 0 radical (unpaired) electrons. The molecule has 6 heteroatoms. The Morgan fingerprint density at radius 1 is 0.917 bits per heavy atom. The third kappa shape index (κ3) is 5.19. The molecule has 36 heavy (non-hydrogen) atoms. The van der Waals surface area contributed by atoms with Crippen molar-refractivity contribution in [3.05, 3.63) is 106 Å². The highest BCUT2D eigenvalue weighted by Crippen LogP contribution is 2.39. The number of benzene rings is 3. The Balaban J connectivity index is 1.67. The van der Waals surface area contributed by atoms with E-state index in [1.807, 2.05) is 81.4 Å². The number of nitrogens with zero attached hydrogens (tertiary/aromatic N) is 1. The van der Waals surface area contributed by atoms with Gasteiger partial charge in [0.25, 0.3) is 11.7 Å². The molecule has 0 spiro atoms. The molecule has 6 nitrogen and oxygen atoms in total. The second-order valence-electron chi connectivity index (χ2n) is 9.13. The highest BCUT2D eigenvalue weighted by molar-refractivity contribution is 6.46. The summed E-state index contributed by atoms with van der Waals surface area (Å²) >= 11 is 0. The number of aliphatic hydroxyl groups is 1. The molecule has 0 bridgehead atoms. The van der Waals surface area contributed by atoms with Crippen LogP contribution in [0, 0.1) is 20.8 Å². The Hall–Kier alpha value is -3.90. The Kier molecular flexibility index (Phi) is 7.55. The van der Waals surface area contributed by atoms with Crippen molar-refractivity contribution in [2.45, 2.75) is 33.4 Å². The number of rotatable bonds is 8. The maximum atomic E-state index is 13.1. The lowest BCUT2D eigenvalue weighted by Gasteiger charge is -2.25. The number of aryl methyl sites for hydroxylation is 3. The van der Waals surface area contributed by atoms with Crippen LogP contribution in [0.4, 0.5) is 0 Å². The summed E-state index contributed by atoms with van der Waals surface area (Å²) < 4.78 is 11.1. The van der Waals surface area contributed by atoms with Crippen molar-refractivity contribution in [3.8, 4) is 5.75 Å². The molecule has 1 N–H and O–H groups in total. The van der Waals surface area contributed by atoms with Crippen LogP contribution < -0.4 is 4.74 Å². The summed E-state index contributed by atoms with van der Waals surface area (Å²) in [4.78, 5) is 27.5. The van der Waals surface area contributed by atoms with E-state index < -0.39 is 17.7 Å². The molecule has 1 aliphatic heterocycles. The average molecular weight is 486 g/mol. The van der Waals surface area contributed by atoms with E-state index in [9.17, 15) is 14.7 Å². The van der Waals surface area contributed by atoms with Crippen molar-refractivity contribution in [1.29, 1.82) is 0 Å². The smallest absolute Gasteiger partial charge is 0.295 e. The summed E-state index contributed by atoms with van der Waals surface area (Å²) in [6, 6.07) is 20.2. The minimum atomic E-state index is -0.729. The van der Waals surface area contributed by atoms with Gasteiger partial charge >= 0.3 is 0 Å². The van der Waals surface area contributed by atoms with E-state index in [2.05, 4.69) is 0 Å². The standard InChI is InChI=1S/C30H31NO5/c1-19-5-8-22(9-6-19)18-36-25-13-11-23(12-14-25)27-26(29(33)30(34)31(27)15-16-35-4)28(32)24-10-7-20(2)21(3)17-24/h5-14,17,27,32H,15-16,18H2,1-4H3/b28-26-. The number of aliphatic hydroxyl groups excluding tert-OH is 1. The molecule has 3 aromatic carbocycles. The SMILES string of the molecule is COCCN1C(=O)C(=O)/C(=C(\O)c2ccc(C)c(C)c2)C1c1ccc(OCc2ccc(C)cc2)cc1. The number of likely N-dealkylation sites (tertiary alicyclic amines) is 1. The minimum absolute atomic E-state index is 0.0766. The topological polar surface area (TPSA) is 76.1 Å². The first-order valence-corrected chi connectivity index (χ1v) is 11.9. The van der Waals surface area contributed by atoms with Gasteiger partial charge in [-0.15, -0.1) is 0 Å². The maximum absolute atomic E-state index is 13.1. The first-order chi connectivity index (χ1) is 17.3. The summed E-state index contributed by atoms with van der Waals surface area (Å²) in [7, 11) is 1.54. The van der Waals surface area contributed by atoms with Crippen LogP contribution in [-0.2, 0) is 20.9 Å². The number of amides is 1. The van der Waals surface area contributed by atoms with Gasteiger partial charge in [0.2, 0.25) is 0 Å². The fraction of sp³-hybridized carbons (Fsp3) is 0.267. The fourth-order valence-corrected chi connectivity index (χ4v) is 4.29. The maximum Gasteiger partial charge on any atom is 0.295 e. The predicted molar refractivity (Wildman–Crippen MR) is 139 cm³/mol. The first-order valence-electron chi connectivity index (χ1n) is 11.9. The van der Waals surface area contributed by atoms with Crippen LogP contribution >= 0.6 is 0 Å². The number of ketones is 1. The molecule has 4 rings (SSSR count). The Labute approximate surface area is 211 Å². The molecule has 0 aliphatic carbocycles. The molecule has 1 heterocycles. The Morgan fingerprint density at radius 3 is 2.25 bits per heavy atom. The molecule has 1 unspecified atom stereocenters.